The van der Waals surface area contributed by atoms with Crippen LogP contribution >= 0.6 is 0 Å². The second-order valence-corrected chi connectivity index (χ2v) is 11.5. The molecule has 4 heterocycles. The molecule has 0 aliphatic carbocycles. The van der Waals surface area contributed by atoms with Crippen molar-refractivity contribution in [3.05, 3.63) is 59.5 Å². The molecule has 1 saturated heterocycles. The standard InChI is InChI=1S/C26H26N8O3S/c1-17-25(30-31-34(17)22-7-9-32(16-28)10-8-22)20-12-24(26-21(13-27)14-29-33(26)15-20)37-18(2)19-5-4-6-23(11-19)38(3,35)36/h4-6,11-12,14-15,18,22H,7-10H2,1-3H3. The van der Waals surface area contributed by atoms with Crippen LogP contribution < -0.4 is 4.74 Å². The molecule has 12 heteroatoms. The second kappa shape index (κ2) is 9.80. The van der Waals surface area contributed by atoms with Crippen LogP contribution in [0.4, 0.5) is 0 Å². The Morgan fingerprint density at radius 2 is 1.95 bits per heavy atom. The highest BCUT2D eigenvalue weighted by molar-refractivity contribution is 7.90. The summed E-state index contributed by atoms with van der Waals surface area (Å²) >= 11 is 0. The summed E-state index contributed by atoms with van der Waals surface area (Å²) < 4.78 is 33.9. The molecule has 0 saturated carbocycles. The summed E-state index contributed by atoms with van der Waals surface area (Å²) in [5, 5.41) is 32.0. The highest BCUT2D eigenvalue weighted by Gasteiger charge is 2.25. The lowest BCUT2D eigenvalue weighted by Gasteiger charge is -2.28. The SMILES string of the molecule is Cc1c(-c2cc(OC(C)c3cccc(S(C)(=O)=O)c3)c3c(C#N)cnn3c2)nnn1C1CCN(C#N)CC1. The third kappa shape index (κ3) is 4.66. The van der Waals surface area contributed by atoms with E-state index in [4.69, 9.17) is 10.00 Å². The lowest BCUT2D eigenvalue weighted by Crippen LogP contribution is -2.31. The topological polar surface area (TPSA) is 142 Å². The van der Waals surface area contributed by atoms with Gasteiger partial charge in [0.2, 0.25) is 0 Å². The Kier molecular flexibility index (Phi) is 6.51. The van der Waals surface area contributed by atoms with Crippen molar-refractivity contribution in [1.82, 2.24) is 29.5 Å². The van der Waals surface area contributed by atoms with Gasteiger partial charge in [-0.1, -0.05) is 17.3 Å². The number of sulfone groups is 1. The van der Waals surface area contributed by atoms with Crippen LogP contribution in [0.1, 0.15) is 48.7 Å². The molecule has 1 aromatic carbocycles. The number of fused-ring (bicyclic) bond motifs is 1. The summed E-state index contributed by atoms with van der Waals surface area (Å²) in [4.78, 5) is 1.96. The number of hydrogen-bond donors (Lipinski definition) is 0. The minimum Gasteiger partial charge on any atom is -0.484 e. The molecule has 0 spiro atoms. The lowest BCUT2D eigenvalue weighted by molar-refractivity contribution is 0.228. The third-order valence-electron chi connectivity index (χ3n) is 6.91. The number of aromatic nitrogens is 5. The van der Waals surface area contributed by atoms with Crippen molar-refractivity contribution in [2.45, 2.75) is 43.7 Å². The zero-order valence-electron chi connectivity index (χ0n) is 21.2. The molecule has 194 valence electrons. The number of ether oxygens (including phenoxy) is 1. The van der Waals surface area contributed by atoms with E-state index in [-0.39, 0.29) is 10.9 Å². The molecule has 1 aliphatic heterocycles. The highest BCUT2D eigenvalue weighted by Crippen LogP contribution is 2.34. The zero-order chi connectivity index (χ0) is 27.0. The van der Waals surface area contributed by atoms with Gasteiger partial charge in [0.05, 0.1) is 22.8 Å². The van der Waals surface area contributed by atoms with E-state index >= 15 is 0 Å². The fraction of sp³-hybridized carbons (Fsp3) is 0.346. The van der Waals surface area contributed by atoms with Gasteiger partial charge in [-0.3, -0.25) is 0 Å². The number of hydrogen-bond acceptors (Lipinski definition) is 9. The molecule has 11 nitrogen and oxygen atoms in total. The van der Waals surface area contributed by atoms with Gasteiger partial charge in [0.1, 0.15) is 34.7 Å². The van der Waals surface area contributed by atoms with Crippen molar-refractivity contribution in [1.29, 1.82) is 10.5 Å². The minimum absolute atomic E-state index is 0.150. The first-order chi connectivity index (χ1) is 18.2. The molecule has 1 unspecified atom stereocenters. The van der Waals surface area contributed by atoms with Crippen molar-refractivity contribution in [3.8, 4) is 29.3 Å². The van der Waals surface area contributed by atoms with Crippen molar-refractivity contribution in [2.75, 3.05) is 19.3 Å². The first-order valence-corrected chi connectivity index (χ1v) is 14.0. The van der Waals surface area contributed by atoms with Gasteiger partial charge in [-0.2, -0.15) is 15.6 Å². The number of rotatable bonds is 6. The van der Waals surface area contributed by atoms with Crippen molar-refractivity contribution >= 4 is 15.4 Å². The molecule has 0 radical (unpaired) electrons. The van der Waals surface area contributed by atoms with E-state index in [0.717, 1.165) is 24.1 Å². The Morgan fingerprint density at radius 3 is 2.63 bits per heavy atom. The van der Waals surface area contributed by atoms with E-state index in [2.05, 4.69) is 27.7 Å². The fourth-order valence-electron chi connectivity index (χ4n) is 4.81. The molecule has 38 heavy (non-hydrogen) atoms. The summed E-state index contributed by atoms with van der Waals surface area (Å²) in [5.74, 6) is 0.421. The largest absolute Gasteiger partial charge is 0.484 e. The van der Waals surface area contributed by atoms with Crippen LogP contribution in [-0.4, -0.2) is 57.3 Å². The molecule has 5 rings (SSSR count). The van der Waals surface area contributed by atoms with Crippen molar-refractivity contribution in [3.63, 3.8) is 0 Å². The Morgan fingerprint density at radius 1 is 1.18 bits per heavy atom. The number of likely N-dealkylation sites (tertiary alicyclic amines) is 1. The van der Waals surface area contributed by atoms with E-state index in [1.54, 1.807) is 39.9 Å². The van der Waals surface area contributed by atoms with Crippen LogP contribution in [0.2, 0.25) is 0 Å². The van der Waals surface area contributed by atoms with Crippen LogP contribution in [0.15, 0.2) is 47.6 Å². The van der Waals surface area contributed by atoms with Gasteiger partial charge in [0.25, 0.3) is 0 Å². The van der Waals surface area contributed by atoms with Gasteiger partial charge < -0.3 is 9.64 Å². The summed E-state index contributed by atoms with van der Waals surface area (Å²) in [5.41, 5.74) is 3.81. The predicted octanol–water partition coefficient (Wildman–Crippen LogP) is 3.43. The molecule has 1 aliphatic rings. The van der Waals surface area contributed by atoms with Gasteiger partial charge in [-0.05, 0) is 50.5 Å². The predicted molar refractivity (Wildman–Crippen MR) is 138 cm³/mol. The summed E-state index contributed by atoms with van der Waals surface area (Å²) in [6.07, 6.45) is 7.73. The van der Waals surface area contributed by atoms with Crippen LogP contribution in [-0.2, 0) is 9.84 Å². The molecule has 0 bridgehead atoms. The van der Waals surface area contributed by atoms with Crippen molar-refractivity contribution < 1.29 is 13.2 Å². The van der Waals surface area contributed by atoms with E-state index < -0.39 is 15.9 Å². The molecular formula is C26H26N8O3S. The second-order valence-electron chi connectivity index (χ2n) is 9.45. The first kappa shape index (κ1) is 25.2. The first-order valence-electron chi connectivity index (χ1n) is 12.1. The number of piperidine rings is 1. The summed E-state index contributed by atoms with van der Waals surface area (Å²) in [6.45, 7) is 5.15. The maximum Gasteiger partial charge on any atom is 0.179 e. The van der Waals surface area contributed by atoms with Crippen LogP contribution in [0, 0.1) is 29.7 Å². The summed E-state index contributed by atoms with van der Waals surface area (Å²) in [7, 11) is -3.38. The number of benzene rings is 1. The molecule has 0 N–H and O–H groups in total. The van der Waals surface area contributed by atoms with E-state index in [9.17, 15) is 13.7 Å². The Labute approximate surface area is 220 Å². The molecule has 1 atom stereocenters. The van der Waals surface area contributed by atoms with Gasteiger partial charge in [-0.25, -0.2) is 17.6 Å². The minimum atomic E-state index is -3.38. The molecule has 1 fully saturated rings. The highest BCUT2D eigenvalue weighted by atomic mass is 32.2. The van der Waals surface area contributed by atoms with Crippen molar-refractivity contribution in [2.24, 2.45) is 0 Å². The lowest BCUT2D eigenvalue weighted by atomic mass is 10.0. The summed E-state index contributed by atoms with van der Waals surface area (Å²) in [6, 6.07) is 10.7. The average Bonchev–Trinajstić information content (AvgIpc) is 3.51. The zero-order valence-corrected chi connectivity index (χ0v) is 22.1. The Bertz CT molecular complexity index is 1700. The monoisotopic (exact) mass is 530 g/mol. The van der Waals surface area contributed by atoms with E-state index in [1.165, 1.54) is 12.5 Å². The number of pyridine rings is 1. The van der Waals surface area contributed by atoms with Gasteiger partial charge in [0.15, 0.2) is 16.0 Å². The molecule has 4 aromatic rings. The smallest absolute Gasteiger partial charge is 0.179 e. The van der Waals surface area contributed by atoms with Crippen LogP contribution in [0.25, 0.3) is 16.8 Å². The Hall–Kier alpha value is -4.42. The van der Waals surface area contributed by atoms with E-state index in [0.29, 0.717) is 41.2 Å². The van der Waals surface area contributed by atoms with Gasteiger partial charge >= 0.3 is 0 Å². The third-order valence-corrected chi connectivity index (χ3v) is 8.02. The number of nitrogens with zero attached hydrogens (tertiary/aromatic N) is 8. The fourth-order valence-corrected chi connectivity index (χ4v) is 5.48. The maximum atomic E-state index is 12.1. The number of nitriles is 2. The average molecular weight is 531 g/mol. The molecule has 3 aromatic heterocycles. The van der Waals surface area contributed by atoms with E-state index in [1.807, 2.05) is 24.6 Å². The normalized spacial score (nSPS) is 15.2. The quantitative estimate of drug-likeness (QED) is 0.343. The van der Waals surface area contributed by atoms with Crippen LogP contribution in [0.5, 0.6) is 5.75 Å². The maximum absolute atomic E-state index is 12.1. The molecule has 0 amide bonds. The Balaban J connectivity index is 1.52. The molecular weight excluding hydrogens is 504 g/mol. The van der Waals surface area contributed by atoms with Gasteiger partial charge in [-0.15, -0.1) is 5.10 Å². The van der Waals surface area contributed by atoms with Gasteiger partial charge in [0, 0.05) is 31.1 Å². The van der Waals surface area contributed by atoms with Crippen LogP contribution in [0.3, 0.4) is 0 Å².